The molecule has 76 heavy (non-hydrogen) atoms. The van der Waals surface area contributed by atoms with Gasteiger partial charge in [-0.25, -0.2) is 9.97 Å². The number of thiophene rings is 2. The van der Waals surface area contributed by atoms with Crippen molar-refractivity contribution in [3.8, 4) is 20.9 Å². The fraction of sp³-hybridized carbons (Fsp3) is 0.407. The van der Waals surface area contributed by atoms with Gasteiger partial charge in [0.25, 0.3) is 11.8 Å². The number of hydrogen-bond acceptors (Lipinski definition) is 16. The van der Waals surface area contributed by atoms with E-state index >= 15 is 0 Å². The van der Waals surface area contributed by atoms with E-state index < -0.39 is 0 Å². The third-order valence-corrected chi connectivity index (χ3v) is 18.1. The molecule has 4 fully saturated rings. The summed E-state index contributed by atoms with van der Waals surface area (Å²) in [5.41, 5.74) is 4.02. The van der Waals surface area contributed by atoms with Crippen LogP contribution in [0.4, 0.5) is 10.0 Å². The summed E-state index contributed by atoms with van der Waals surface area (Å²) in [7, 11) is 0. The van der Waals surface area contributed by atoms with Crippen LogP contribution in [-0.4, -0.2) is 133 Å². The molecule has 398 valence electrons. The Morgan fingerprint density at radius 1 is 0.539 bits per heavy atom. The molecule has 10 rings (SSSR count). The number of benzene rings is 2. The maximum atomic E-state index is 13.1. The molecule has 22 heteroatoms. The number of thiazole rings is 2. The summed E-state index contributed by atoms with van der Waals surface area (Å²) in [6.07, 6.45) is 7.81. The average molecular weight is 1110 g/mol. The number of amides is 6. The van der Waals surface area contributed by atoms with Crippen molar-refractivity contribution in [2.75, 3.05) is 76.3 Å². The molecule has 6 aromatic rings. The monoisotopic (exact) mass is 1100 g/mol. The van der Waals surface area contributed by atoms with Gasteiger partial charge in [-0.15, -0.1) is 45.3 Å². The predicted molar refractivity (Wildman–Crippen MR) is 295 cm³/mol. The molecule has 6 amide bonds. The van der Waals surface area contributed by atoms with E-state index in [4.69, 9.17) is 9.47 Å². The van der Waals surface area contributed by atoms with Crippen molar-refractivity contribution < 1.29 is 38.2 Å². The van der Waals surface area contributed by atoms with Crippen LogP contribution < -0.4 is 31.9 Å². The zero-order valence-electron chi connectivity index (χ0n) is 41.8. The van der Waals surface area contributed by atoms with Crippen molar-refractivity contribution in [2.24, 2.45) is 0 Å². The van der Waals surface area contributed by atoms with Gasteiger partial charge >= 0.3 is 0 Å². The van der Waals surface area contributed by atoms with Crippen molar-refractivity contribution in [2.45, 2.75) is 75.5 Å². The molecule has 0 aliphatic carbocycles. The molecule has 4 aliphatic rings. The Bertz CT molecular complexity index is 2790. The van der Waals surface area contributed by atoms with Crippen LogP contribution in [0.2, 0.25) is 0 Å². The lowest BCUT2D eigenvalue weighted by Crippen LogP contribution is -2.48. The normalized spacial score (nSPS) is 17.5. The van der Waals surface area contributed by atoms with Crippen molar-refractivity contribution in [3.05, 3.63) is 116 Å². The molecule has 4 aromatic heterocycles. The van der Waals surface area contributed by atoms with E-state index in [-0.39, 0.29) is 85.4 Å². The first-order chi connectivity index (χ1) is 37.1. The van der Waals surface area contributed by atoms with Crippen LogP contribution in [0.25, 0.3) is 20.9 Å². The molecular weight excluding hydrogens is 1040 g/mol. The maximum Gasteiger partial charge on any atom is 0.264 e. The van der Waals surface area contributed by atoms with Gasteiger partial charge in [0.2, 0.25) is 23.6 Å². The van der Waals surface area contributed by atoms with Crippen LogP contribution in [0.15, 0.2) is 85.2 Å². The minimum atomic E-state index is -0.172. The van der Waals surface area contributed by atoms with Crippen molar-refractivity contribution in [1.29, 1.82) is 0 Å². The van der Waals surface area contributed by atoms with Crippen molar-refractivity contribution in [3.63, 3.8) is 0 Å². The molecule has 6 N–H and O–H groups in total. The fourth-order valence-corrected chi connectivity index (χ4v) is 13.0. The topological polar surface area (TPSA) is 225 Å². The third-order valence-electron chi connectivity index (χ3n) is 13.7. The summed E-state index contributed by atoms with van der Waals surface area (Å²) in [4.78, 5) is 92.4. The second kappa shape index (κ2) is 25.3. The van der Waals surface area contributed by atoms with Gasteiger partial charge in [-0.1, -0.05) is 48.5 Å². The van der Waals surface area contributed by atoms with Gasteiger partial charge in [-0.3, -0.25) is 28.8 Å². The maximum absolute atomic E-state index is 13.1. The van der Waals surface area contributed by atoms with E-state index in [1.54, 1.807) is 46.9 Å². The SMILES string of the molecule is O=C(CCOCCOCCC(=O)NCc1ccc(-c2cnc(C3CN(C(=O)c4ccc(NC(=O)[C@@H]5CCCN5)s4)C3)s2)cc1)NCc1ccc(-c2cnc(C3CN(C(=O)c4ccc(NC(=O)[C@@H]5CCCN5)s4)C3)s2)cc1. The first-order valence-electron chi connectivity index (χ1n) is 25.7. The number of aromatic nitrogens is 2. The third kappa shape index (κ3) is 13.6. The van der Waals surface area contributed by atoms with E-state index in [0.29, 0.717) is 72.2 Å². The lowest BCUT2D eigenvalue weighted by Gasteiger charge is -2.37. The first-order valence-corrected chi connectivity index (χ1v) is 29.0. The van der Waals surface area contributed by atoms with Crippen LogP contribution in [0.1, 0.15) is 90.8 Å². The molecule has 4 aliphatic heterocycles. The van der Waals surface area contributed by atoms with Crippen LogP contribution >= 0.6 is 45.3 Å². The molecule has 2 atom stereocenters. The Morgan fingerprint density at radius 2 is 0.961 bits per heavy atom. The number of ether oxygens (including phenoxy) is 2. The van der Waals surface area contributed by atoms with Crippen molar-refractivity contribution in [1.82, 2.24) is 41.0 Å². The second-order valence-corrected chi connectivity index (χ2v) is 23.5. The molecule has 0 saturated carbocycles. The number of nitrogens with zero attached hydrogens (tertiary/aromatic N) is 4. The van der Waals surface area contributed by atoms with Crippen LogP contribution in [-0.2, 0) is 41.7 Å². The summed E-state index contributed by atoms with van der Waals surface area (Å²) in [6.45, 7) is 6.04. The average Bonchev–Trinajstić information content (AvgIpc) is 4.27. The van der Waals surface area contributed by atoms with E-state index in [1.807, 2.05) is 70.7 Å². The van der Waals surface area contributed by atoms with Gasteiger partial charge in [0.05, 0.1) is 78.0 Å². The molecule has 0 bridgehead atoms. The Balaban J connectivity index is 0.542. The summed E-state index contributed by atoms with van der Waals surface area (Å²) >= 11 is 5.87. The van der Waals surface area contributed by atoms with Gasteiger partial charge in [-0.2, -0.15) is 0 Å². The quantitative estimate of drug-likeness (QED) is 0.0371. The molecule has 0 spiro atoms. The van der Waals surface area contributed by atoms with Gasteiger partial charge in [0, 0.05) is 76.3 Å². The highest BCUT2D eigenvalue weighted by atomic mass is 32.1. The zero-order chi connectivity index (χ0) is 52.4. The summed E-state index contributed by atoms with van der Waals surface area (Å²) in [5.74, 6) is -0.0352. The van der Waals surface area contributed by atoms with Gasteiger partial charge in [-0.05, 0) is 85.3 Å². The number of hydrogen-bond donors (Lipinski definition) is 6. The lowest BCUT2D eigenvalue weighted by molar-refractivity contribution is -0.123. The highest BCUT2D eigenvalue weighted by Crippen LogP contribution is 2.38. The Hall–Kier alpha value is -6.24. The van der Waals surface area contributed by atoms with Crippen molar-refractivity contribution >= 4 is 90.8 Å². The molecule has 0 radical (unpaired) electrons. The molecule has 8 heterocycles. The Kier molecular flexibility index (Phi) is 17.7. The lowest BCUT2D eigenvalue weighted by atomic mass is 10.0. The Labute approximate surface area is 456 Å². The van der Waals surface area contributed by atoms with Crippen LogP contribution in [0.5, 0.6) is 0 Å². The van der Waals surface area contributed by atoms with E-state index in [9.17, 15) is 28.8 Å². The van der Waals surface area contributed by atoms with E-state index in [0.717, 1.165) is 80.8 Å². The first kappa shape index (κ1) is 53.2. The van der Waals surface area contributed by atoms with Crippen LogP contribution in [0, 0.1) is 0 Å². The second-order valence-electron chi connectivity index (χ2n) is 19.2. The Morgan fingerprint density at radius 3 is 1.36 bits per heavy atom. The molecular formula is C54H60N10O8S4. The van der Waals surface area contributed by atoms with E-state index in [2.05, 4.69) is 41.9 Å². The predicted octanol–water partition coefficient (Wildman–Crippen LogP) is 6.66. The minimum Gasteiger partial charge on any atom is -0.379 e. The highest BCUT2D eigenvalue weighted by molar-refractivity contribution is 7.18. The number of likely N-dealkylation sites (tertiary alicyclic amines) is 2. The zero-order valence-corrected chi connectivity index (χ0v) is 45.1. The standard InChI is InChI=1S/C54H60N10O8S4/c65-45(57-25-33-5-9-35(10-6-33)43-27-59-51(75-43)37-29-63(30-37)53(69)41-13-15-47(73-41)61-49(67)39-3-1-19-55-39)17-21-71-23-24-72-22-18-46(66)58-26-34-7-11-36(12-8-34)44-28-60-52(76-44)38-31-64(32-38)54(70)42-14-16-48(74-42)62-50(68)40-4-2-20-56-40/h5-16,27-28,37-40,55-56H,1-4,17-26,29-32H2,(H,57,65)(H,58,66)(H,61,67)(H,62,68)/t39-,40-/m0/s1. The smallest absolute Gasteiger partial charge is 0.264 e. The number of carbonyl (C=O) groups is 6. The molecule has 2 aromatic carbocycles. The van der Waals surface area contributed by atoms with Gasteiger partial charge < -0.3 is 51.2 Å². The highest BCUT2D eigenvalue weighted by Gasteiger charge is 2.36. The molecule has 0 unspecified atom stereocenters. The fourth-order valence-electron chi connectivity index (χ4n) is 9.21. The van der Waals surface area contributed by atoms with E-state index in [1.165, 1.54) is 22.7 Å². The van der Waals surface area contributed by atoms with Gasteiger partial charge in [0.15, 0.2) is 0 Å². The summed E-state index contributed by atoms with van der Waals surface area (Å²) in [6, 6.07) is 22.9. The number of rotatable bonds is 23. The van der Waals surface area contributed by atoms with Gasteiger partial charge in [0.1, 0.15) is 0 Å². The number of carbonyl (C=O) groups excluding carboxylic acids is 6. The minimum absolute atomic E-state index is 0.0306. The van der Waals surface area contributed by atoms with Crippen LogP contribution in [0.3, 0.4) is 0 Å². The molecule has 18 nitrogen and oxygen atoms in total. The number of nitrogens with one attached hydrogen (secondary N) is 6. The summed E-state index contributed by atoms with van der Waals surface area (Å²) in [5, 5.41) is 21.5. The summed E-state index contributed by atoms with van der Waals surface area (Å²) < 4.78 is 11.2. The molecule has 4 saturated heterocycles. The largest absolute Gasteiger partial charge is 0.379 e. The number of anilines is 2.